The predicted molar refractivity (Wildman–Crippen MR) is 178 cm³/mol. The summed E-state index contributed by atoms with van der Waals surface area (Å²) >= 11 is 8.57. The van der Waals surface area contributed by atoms with Gasteiger partial charge in [-0.1, -0.05) is 54.1 Å². The van der Waals surface area contributed by atoms with Crippen LogP contribution in [0.4, 0.5) is 11.6 Å². The summed E-state index contributed by atoms with van der Waals surface area (Å²) in [4.78, 5) is 24.0. The fourth-order valence-electron chi connectivity index (χ4n) is 6.04. The largest absolute Gasteiger partial charge is 0.324 e. The van der Waals surface area contributed by atoms with Crippen LogP contribution < -0.4 is 16.2 Å². The molecule has 4 heterocycles. The van der Waals surface area contributed by atoms with Gasteiger partial charge < -0.3 is 10.6 Å². The number of hydrogen-bond donors (Lipinski definition) is 2. The Morgan fingerprint density at radius 1 is 1.05 bits per heavy atom. The number of halogens is 1. The molecule has 2 aliphatic heterocycles. The average molecular weight is 644 g/mol. The second kappa shape index (κ2) is 11.7. The van der Waals surface area contributed by atoms with Gasteiger partial charge in [-0.3, -0.25) is 9.36 Å². The summed E-state index contributed by atoms with van der Waals surface area (Å²) in [5.41, 5.74) is 4.67. The molecule has 5 aromatic rings. The molecular formula is C33H30ClN5O3S2. The van der Waals surface area contributed by atoms with Crippen molar-refractivity contribution >= 4 is 55.9 Å². The Kier molecular flexibility index (Phi) is 7.70. The number of nitrogens with zero attached hydrogens (tertiary/aromatic N) is 3. The van der Waals surface area contributed by atoms with Gasteiger partial charge in [0.05, 0.1) is 16.7 Å². The summed E-state index contributed by atoms with van der Waals surface area (Å²) in [6.45, 7) is 3.91. The molecule has 0 radical (unpaired) electrons. The number of aromatic nitrogens is 3. The van der Waals surface area contributed by atoms with Crippen LogP contribution in [0.1, 0.15) is 28.0 Å². The van der Waals surface area contributed by atoms with Crippen molar-refractivity contribution in [3.63, 3.8) is 0 Å². The highest BCUT2D eigenvalue weighted by molar-refractivity contribution is 7.99. The third-order valence-corrected chi connectivity index (χ3v) is 11.7. The van der Waals surface area contributed by atoms with Crippen molar-refractivity contribution in [2.75, 3.05) is 29.9 Å². The molecule has 0 saturated carbocycles. The van der Waals surface area contributed by atoms with Crippen molar-refractivity contribution in [2.24, 2.45) is 0 Å². The number of hydrogen-bond acceptors (Lipinski definition) is 8. The molecule has 0 bridgehead atoms. The molecule has 1 saturated heterocycles. The molecule has 44 heavy (non-hydrogen) atoms. The van der Waals surface area contributed by atoms with Crippen LogP contribution in [0.5, 0.6) is 0 Å². The number of pyridine rings is 1. The van der Waals surface area contributed by atoms with Gasteiger partial charge in [-0.2, -0.15) is 16.7 Å². The molecule has 3 aromatic carbocycles. The third kappa shape index (κ3) is 5.51. The van der Waals surface area contributed by atoms with Crippen LogP contribution in [-0.4, -0.2) is 47.5 Å². The molecule has 1 fully saturated rings. The van der Waals surface area contributed by atoms with E-state index in [0.29, 0.717) is 55.3 Å². The lowest BCUT2D eigenvalue weighted by Gasteiger charge is -2.27. The maximum absolute atomic E-state index is 14.3. The highest BCUT2D eigenvalue weighted by atomic mass is 35.5. The lowest BCUT2D eigenvalue weighted by atomic mass is 10.0. The number of sulfone groups is 1. The quantitative estimate of drug-likeness (QED) is 0.236. The normalized spacial score (nSPS) is 19.4. The highest BCUT2D eigenvalue weighted by Crippen LogP contribution is 2.35. The molecule has 2 atom stereocenters. The maximum atomic E-state index is 14.3. The van der Waals surface area contributed by atoms with E-state index in [1.54, 1.807) is 30.5 Å². The molecule has 0 spiro atoms. The second-order valence-electron chi connectivity index (χ2n) is 11.2. The lowest BCUT2D eigenvalue weighted by Crippen LogP contribution is -2.35. The van der Waals surface area contributed by atoms with E-state index < -0.39 is 15.9 Å². The molecule has 7 rings (SSSR count). The first-order chi connectivity index (χ1) is 21.3. The first-order valence-corrected chi connectivity index (χ1v) is 17.5. The molecule has 0 amide bonds. The Labute approximate surface area is 264 Å². The SMILES string of the molecule is Cc1ccc(-c2cc3cnc(Nc4ccc(C5CNCCS5)cc4)nc3n(C3Cc4ccccc4S(=O)(=O)C3)c2=O)c(Cl)c1. The monoisotopic (exact) mass is 643 g/mol. The lowest BCUT2D eigenvalue weighted by molar-refractivity contribution is 0.506. The van der Waals surface area contributed by atoms with E-state index in [1.807, 2.05) is 55.1 Å². The summed E-state index contributed by atoms with van der Waals surface area (Å²) in [6.07, 6.45) is 2.04. The van der Waals surface area contributed by atoms with Crippen LogP contribution in [0.2, 0.25) is 5.02 Å². The van der Waals surface area contributed by atoms with E-state index in [1.165, 1.54) is 10.1 Å². The van der Waals surface area contributed by atoms with Gasteiger partial charge >= 0.3 is 0 Å². The number of thioether (sulfide) groups is 1. The van der Waals surface area contributed by atoms with Gasteiger partial charge in [0.2, 0.25) is 5.95 Å². The number of aryl methyl sites for hydroxylation is 1. The number of fused-ring (bicyclic) bond motifs is 2. The molecule has 2 N–H and O–H groups in total. The van der Waals surface area contributed by atoms with Crippen LogP contribution in [0, 0.1) is 6.92 Å². The van der Waals surface area contributed by atoms with Crippen LogP contribution in [0.3, 0.4) is 0 Å². The molecule has 224 valence electrons. The van der Waals surface area contributed by atoms with Gasteiger partial charge in [-0.05, 0) is 60.4 Å². The minimum Gasteiger partial charge on any atom is -0.324 e. The smallest absolute Gasteiger partial charge is 0.260 e. The van der Waals surface area contributed by atoms with Crippen LogP contribution in [0.15, 0.2) is 88.7 Å². The van der Waals surface area contributed by atoms with Gasteiger partial charge in [-0.15, -0.1) is 0 Å². The van der Waals surface area contributed by atoms with Crippen molar-refractivity contribution in [3.05, 3.63) is 111 Å². The minimum absolute atomic E-state index is 0.216. The zero-order valence-corrected chi connectivity index (χ0v) is 26.3. The third-order valence-electron chi connectivity index (χ3n) is 8.19. The summed E-state index contributed by atoms with van der Waals surface area (Å²) in [6, 6.07) is 21.8. The Morgan fingerprint density at radius 2 is 1.86 bits per heavy atom. The van der Waals surface area contributed by atoms with Gasteiger partial charge in [0.1, 0.15) is 5.65 Å². The zero-order valence-electron chi connectivity index (χ0n) is 24.0. The first-order valence-electron chi connectivity index (χ1n) is 14.5. The second-order valence-corrected chi connectivity index (χ2v) is 15.0. The number of benzene rings is 3. The average Bonchev–Trinajstić information content (AvgIpc) is 3.01. The van der Waals surface area contributed by atoms with E-state index in [-0.39, 0.29) is 11.3 Å². The van der Waals surface area contributed by atoms with E-state index >= 15 is 0 Å². The summed E-state index contributed by atoms with van der Waals surface area (Å²) in [7, 11) is -3.64. The van der Waals surface area contributed by atoms with Crippen molar-refractivity contribution in [3.8, 4) is 11.1 Å². The van der Waals surface area contributed by atoms with Crippen molar-refractivity contribution < 1.29 is 8.42 Å². The first kappa shape index (κ1) is 29.0. The van der Waals surface area contributed by atoms with Gasteiger partial charge in [-0.25, -0.2) is 13.4 Å². The molecule has 0 aliphatic carbocycles. The van der Waals surface area contributed by atoms with Crippen LogP contribution in [0.25, 0.3) is 22.2 Å². The fourth-order valence-corrected chi connectivity index (χ4v) is 9.30. The molecule has 11 heteroatoms. The zero-order chi connectivity index (χ0) is 30.4. The summed E-state index contributed by atoms with van der Waals surface area (Å²) < 4.78 is 28.4. The number of anilines is 2. The topological polar surface area (TPSA) is 106 Å². The number of nitrogens with one attached hydrogen (secondary N) is 2. The Balaban J connectivity index is 1.33. The van der Waals surface area contributed by atoms with E-state index in [4.69, 9.17) is 16.6 Å². The maximum Gasteiger partial charge on any atom is 0.260 e. The fraction of sp³-hybridized carbons (Fsp3) is 0.242. The predicted octanol–water partition coefficient (Wildman–Crippen LogP) is 6.11. The Morgan fingerprint density at radius 3 is 2.64 bits per heavy atom. The van der Waals surface area contributed by atoms with Gasteiger partial charge in [0.15, 0.2) is 9.84 Å². The van der Waals surface area contributed by atoms with E-state index in [2.05, 4.69) is 27.8 Å². The molecular weight excluding hydrogens is 614 g/mol. The van der Waals surface area contributed by atoms with Crippen molar-refractivity contribution in [2.45, 2.75) is 29.5 Å². The van der Waals surface area contributed by atoms with Crippen LogP contribution >= 0.6 is 23.4 Å². The standard InChI is InChI=1S/C33H30ClN5O3S2/c1-20-6-11-26(28(34)14-20)27-16-23-17-36-33(37-24-9-7-21(8-10-24)29-18-35-12-13-43-29)38-31(23)39(32(27)40)25-15-22-4-2-3-5-30(22)44(41,42)19-25/h2-11,14,16-17,25,29,35H,12-13,15,18-19H2,1H3,(H,36,37,38). The minimum atomic E-state index is -3.64. The van der Waals surface area contributed by atoms with Gasteiger partial charge in [0, 0.05) is 57.5 Å². The van der Waals surface area contributed by atoms with E-state index in [9.17, 15) is 13.2 Å². The molecule has 2 aromatic heterocycles. The highest BCUT2D eigenvalue weighted by Gasteiger charge is 2.33. The Hall–Kier alpha value is -3.70. The van der Waals surface area contributed by atoms with Crippen molar-refractivity contribution in [1.82, 2.24) is 19.9 Å². The molecule has 2 unspecified atom stereocenters. The van der Waals surface area contributed by atoms with Gasteiger partial charge in [0.25, 0.3) is 5.56 Å². The van der Waals surface area contributed by atoms with E-state index in [0.717, 1.165) is 30.1 Å². The van der Waals surface area contributed by atoms with Crippen LogP contribution in [-0.2, 0) is 16.3 Å². The Bertz CT molecular complexity index is 2060. The summed E-state index contributed by atoms with van der Waals surface area (Å²) in [5, 5.41) is 8.18. The molecule has 2 aliphatic rings. The van der Waals surface area contributed by atoms with Crippen molar-refractivity contribution in [1.29, 1.82) is 0 Å². The molecule has 8 nitrogen and oxygen atoms in total. The number of rotatable bonds is 5. The summed E-state index contributed by atoms with van der Waals surface area (Å²) in [5.74, 6) is 1.18.